The molecule has 0 amide bonds. The van der Waals surface area contributed by atoms with Gasteiger partial charge in [-0.15, -0.1) is 0 Å². The summed E-state index contributed by atoms with van der Waals surface area (Å²) in [5.41, 5.74) is 33.9. The van der Waals surface area contributed by atoms with Gasteiger partial charge in [0.25, 0.3) is 0 Å². The third-order valence-electron chi connectivity index (χ3n) is 19.3. The summed E-state index contributed by atoms with van der Waals surface area (Å²) in [6.45, 7) is 35.3. The molecule has 0 aliphatic heterocycles. The van der Waals surface area contributed by atoms with Crippen molar-refractivity contribution in [3.63, 3.8) is 0 Å². The van der Waals surface area contributed by atoms with Crippen LogP contribution >= 0.6 is 0 Å². The lowest BCUT2D eigenvalue weighted by Crippen LogP contribution is -2.31. The van der Waals surface area contributed by atoms with Crippen molar-refractivity contribution in [1.82, 2.24) is 0 Å². The van der Waals surface area contributed by atoms with E-state index in [2.05, 4.69) is 351 Å². The van der Waals surface area contributed by atoms with Gasteiger partial charge < -0.3 is 0 Å². The van der Waals surface area contributed by atoms with Gasteiger partial charge in [0.2, 0.25) is 28.5 Å². The first-order valence-corrected chi connectivity index (χ1v) is 35.9. The van der Waals surface area contributed by atoms with Gasteiger partial charge in [-0.3, -0.25) is 0 Å². The van der Waals surface area contributed by atoms with E-state index in [4.69, 9.17) is 0 Å². The minimum absolute atomic E-state index is 0.587. The number of hydrogen-bond donors (Lipinski definition) is 0. The Morgan fingerprint density at radius 3 is 1.00 bits per heavy atom. The SMILES string of the molecule is CCc1ccc(-c2ccc(C(C)C)cc2C)[n+](C)c1.CCc1ccc(-c2ccc(C)cc2C)[n+](C)c1.CCc1ccc(-c2ccc(CC(C)C)cc2C)[n+](C)c1.CCc1ccc(-c2ccc(CC)c[n+]2C)c(C)c1.Cc1ccc(-c2ccc(C3CCCCC3)cc2C)[n+](C)c1. The molecular formula is C90H118N5+5. The van der Waals surface area contributed by atoms with E-state index in [0.717, 1.165) is 44.4 Å². The molecule has 0 spiro atoms. The van der Waals surface area contributed by atoms with Crippen molar-refractivity contribution in [1.29, 1.82) is 0 Å². The molecule has 5 aromatic heterocycles. The van der Waals surface area contributed by atoms with E-state index >= 15 is 0 Å². The standard InChI is InChI=1S/C20H26N.C19H26N.C18H24N.C17H22N.C16H20N/c1-15-9-12-20(21(3)14-15)19-11-10-18(13-16(19)2)17-7-5-4-6-8-17;1-6-16-8-10-19(20(5)13-16)18-9-7-17(11-14(2)3)12-15(18)4;1-6-15-7-10-18(19(5)12-15)17-9-8-16(13(2)3)11-14(17)4;1-5-14-7-9-16(13(3)11-14)17-10-8-15(6-2)12-18(17)4;1-5-14-7-9-16(17(4)11-14)15-8-6-12(2)10-13(15)3/h9-14,17H,4-8H2,1-3H3;7-10,12-14H,6,11H2,1-5H3;7-13H,6H2,1-5H3;7-12H,5-6H2,1-4H3;6-11H,5H2,1-4H3/q5*+1. The lowest BCUT2D eigenvalue weighted by molar-refractivity contribution is -0.660. The van der Waals surface area contributed by atoms with Crippen LogP contribution in [0.25, 0.3) is 56.3 Å². The molecule has 0 N–H and O–H groups in total. The summed E-state index contributed by atoms with van der Waals surface area (Å²) in [5.74, 6) is 2.09. The van der Waals surface area contributed by atoms with Gasteiger partial charge >= 0.3 is 0 Å². The fraction of sp³-hybridized carbons (Fsp3) is 0.389. The van der Waals surface area contributed by atoms with Gasteiger partial charge in [-0.25, -0.2) is 22.8 Å². The average Bonchev–Trinajstić information content (AvgIpc) is 0.861. The number of aryl methyl sites for hydroxylation is 17. The summed E-state index contributed by atoms with van der Waals surface area (Å²) < 4.78 is 11.2. The van der Waals surface area contributed by atoms with Crippen LogP contribution in [0.2, 0.25) is 0 Å². The van der Waals surface area contributed by atoms with Crippen molar-refractivity contribution < 1.29 is 22.8 Å². The van der Waals surface area contributed by atoms with Crippen LogP contribution in [-0.2, 0) is 73.8 Å². The van der Waals surface area contributed by atoms with Gasteiger partial charge in [0.15, 0.2) is 31.0 Å². The third-order valence-corrected chi connectivity index (χ3v) is 19.3. The third kappa shape index (κ3) is 20.4. The Hall–Kier alpha value is -8.15. The highest BCUT2D eigenvalue weighted by atomic mass is 14.9. The van der Waals surface area contributed by atoms with Gasteiger partial charge in [0.05, 0.1) is 0 Å². The molecule has 1 aliphatic rings. The van der Waals surface area contributed by atoms with Crippen molar-refractivity contribution >= 4 is 0 Å². The molecular weight excluding hydrogens is 1150 g/mol. The quantitative estimate of drug-likeness (QED) is 0.0967. The smallest absolute Gasteiger partial charge is 0.201 e. The number of hydrogen-bond acceptors (Lipinski definition) is 0. The monoisotopic (exact) mass is 1270 g/mol. The molecule has 11 rings (SSSR count). The Labute approximate surface area is 576 Å². The minimum Gasteiger partial charge on any atom is -0.201 e. The van der Waals surface area contributed by atoms with E-state index in [0.29, 0.717) is 11.8 Å². The van der Waals surface area contributed by atoms with Crippen LogP contribution in [-0.4, -0.2) is 0 Å². The normalized spacial score (nSPS) is 12.0. The highest BCUT2D eigenvalue weighted by Gasteiger charge is 2.21. The summed E-state index contributed by atoms with van der Waals surface area (Å²) in [7, 11) is 10.6. The maximum Gasteiger partial charge on any atom is 0.212 e. The molecule has 0 unspecified atom stereocenters. The van der Waals surface area contributed by atoms with Crippen molar-refractivity contribution in [3.05, 3.63) is 266 Å². The molecule has 5 heterocycles. The van der Waals surface area contributed by atoms with Crippen molar-refractivity contribution in [2.24, 2.45) is 41.2 Å². The van der Waals surface area contributed by atoms with Crippen LogP contribution in [0.1, 0.15) is 190 Å². The topological polar surface area (TPSA) is 19.4 Å². The highest BCUT2D eigenvalue weighted by molar-refractivity contribution is 5.65. The van der Waals surface area contributed by atoms with E-state index < -0.39 is 0 Å². The second kappa shape index (κ2) is 35.6. The summed E-state index contributed by atoms with van der Waals surface area (Å²) in [5, 5.41) is 0. The first-order chi connectivity index (χ1) is 45.4. The molecule has 1 aliphatic carbocycles. The Bertz CT molecular complexity index is 4100. The van der Waals surface area contributed by atoms with Crippen LogP contribution in [0.4, 0.5) is 0 Å². The van der Waals surface area contributed by atoms with Crippen LogP contribution < -0.4 is 22.8 Å². The molecule has 5 aromatic carbocycles. The first-order valence-electron chi connectivity index (χ1n) is 35.9. The largest absolute Gasteiger partial charge is 0.212 e. The number of benzene rings is 5. The van der Waals surface area contributed by atoms with Crippen molar-refractivity contribution in [2.75, 3.05) is 0 Å². The Morgan fingerprint density at radius 1 is 0.316 bits per heavy atom. The average molecular weight is 1270 g/mol. The number of pyridine rings is 5. The van der Waals surface area contributed by atoms with E-state index in [1.165, 1.54) is 166 Å². The van der Waals surface area contributed by atoms with Gasteiger partial charge in [0, 0.05) is 86.0 Å². The van der Waals surface area contributed by atoms with Gasteiger partial charge in [0.1, 0.15) is 35.2 Å². The Balaban J connectivity index is 0.000000168. The molecule has 498 valence electrons. The maximum absolute atomic E-state index is 2.42. The minimum atomic E-state index is 0.587. The molecule has 0 bridgehead atoms. The second-order valence-corrected chi connectivity index (χ2v) is 28.0. The van der Waals surface area contributed by atoms with Crippen LogP contribution in [0.15, 0.2) is 183 Å². The molecule has 1 fully saturated rings. The van der Waals surface area contributed by atoms with Gasteiger partial charge in [-0.1, -0.05) is 148 Å². The van der Waals surface area contributed by atoms with Crippen molar-refractivity contribution in [3.8, 4) is 56.3 Å². The molecule has 0 radical (unpaired) electrons. The zero-order valence-electron chi connectivity index (χ0n) is 62.6. The van der Waals surface area contributed by atoms with Gasteiger partial charge in [-0.2, -0.15) is 0 Å². The molecule has 1 saturated carbocycles. The van der Waals surface area contributed by atoms with Crippen molar-refractivity contribution in [2.45, 2.75) is 193 Å². The van der Waals surface area contributed by atoms with Crippen LogP contribution in [0.5, 0.6) is 0 Å². The molecule has 95 heavy (non-hydrogen) atoms. The van der Waals surface area contributed by atoms with E-state index in [1.54, 1.807) is 5.56 Å². The zero-order chi connectivity index (χ0) is 69.0. The van der Waals surface area contributed by atoms with E-state index in [1.807, 2.05) is 0 Å². The summed E-state index contributed by atoms with van der Waals surface area (Å²) in [4.78, 5) is 0. The lowest BCUT2D eigenvalue weighted by Gasteiger charge is -2.22. The number of nitrogens with zero attached hydrogens (tertiary/aromatic N) is 5. The summed E-state index contributed by atoms with van der Waals surface area (Å²) in [6.07, 6.45) is 24.7. The summed E-state index contributed by atoms with van der Waals surface area (Å²) >= 11 is 0. The van der Waals surface area contributed by atoms with Crippen LogP contribution in [0, 0.1) is 54.4 Å². The van der Waals surface area contributed by atoms with E-state index in [9.17, 15) is 0 Å². The van der Waals surface area contributed by atoms with Gasteiger partial charge in [-0.05, 0) is 228 Å². The molecule has 5 heteroatoms. The second-order valence-electron chi connectivity index (χ2n) is 28.0. The lowest BCUT2D eigenvalue weighted by atomic mass is 9.83. The Morgan fingerprint density at radius 2 is 0.642 bits per heavy atom. The van der Waals surface area contributed by atoms with Crippen LogP contribution in [0.3, 0.4) is 0 Å². The molecule has 10 aromatic rings. The first kappa shape index (κ1) is 74.2. The fourth-order valence-corrected chi connectivity index (χ4v) is 13.6. The molecule has 0 atom stereocenters. The predicted molar refractivity (Wildman–Crippen MR) is 404 cm³/mol. The summed E-state index contributed by atoms with van der Waals surface area (Å²) in [6, 6.07) is 56.5. The maximum atomic E-state index is 2.42. The van der Waals surface area contributed by atoms with E-state index in [-0.39, 0.29) is 0 Å². The molecule has 0 saturated heterocycles. The number of rotatable bonds is 14. The predicted octanol–water partition coefficient (Wildman–Crippen LogP) is 20.2. The molecule has 5 nitrogen and oxygen atoms in total. The highest BCUT2D eigenvalue weighted by Crippen LogP contribution is 2.35. The zero-order valence-corrected chi connectivity index (χ0v) is 62.6. The fourth-order valence-electron chi connectivity index (χ4n) is 13.6. The number of aromatic nitrogens is 5. The Kier molecular flexibility index (Phi) is 27.8.